The van der Waals surface area contributed by atoms with Gasteiger partial charge in [-0.1, -0.05) is 0 Å². The van der Waals surface area contributed by atoms with Gasteiger partial charge >= 0.3 is 11.9 Å². The Labute approximate surface area is 121 Å². The molecule has 0 radical (unpaired) electrons. The van der Waals surface area contributed by atoms with E-state index in [2.05, 4.69) is 15.3 Å². The summed E-state index contributed by atoms with van der Waals surface area (Å²) < 4.78 is 9.58. The number of amides is 1. The molecular formula is C13H17N3O5. The van der Waals surface area contributed by atoms with Crippen LogP contribution in [0.2, 0.25) is 0 Å². The van der Waals surface area contributed by atoms with Crippen LogP contribution >= 0.6 is 0 Å². The van der Waals surface area contributed by atoms with E-state index in [4.69, 9.17) is 9.47 Å². The second-order valence-corrected chi connectivity index (χ2v) is 3.88. The number of ether oxygens (including phenoxy) is 2. The van der Waals surface area contributed by atoms with Crippen molar-refractivity contribution in [2.24, 2.45) is 0 Å². The highest BCUT2D eigenvalue weighted by Gasteiger charge is 2.26. The third-order valence-electron chi connectivity index (χ3n) is 2.35. The van der Waals surface area contributed by atoms with Crippen LogP contribution < -0.4 is 5.32 Å². The minimum atomic E-state index is -1.13. The van der Waals surface area contributed by atoms with Crippen LogP contribution in [-0.2, 0) is 19.1 Å². The number of nitrogens with one attached hydrogen (secondary N) is 1. The van der Waals surface area contributed by atoms with E-state index in [9.17, 15) is 14.4 Å². The van der Waals surface area contributed by atoms with Crippen molar-refractivity contribution in [2.75, 3.05) is 13.2 Å². The van der Waals surface area contributed by atoms with E-state index in [0.29, 0.717) is 0 Å². The highest BCUT2D eigenvalue weighted by Crippen LogP contribution is 2.01. The minimum absolute atomic E-state index is 0.0376. The topological polar surface area (TPSA) is 107 Å². The molecule has 0 fully saturated rings. The Kier molecular flexibility index (Phi) is 6.79. The summed E-state index contributed by atoms with van der Waals surface area (Å²) in [5.41, 5.74) is 0.0376. The van der Waals surface area contributed by atoms with Gasteiger partial charge in [-0.2, -0.15) is 0 Å². The predicted molar refractivity (Wildman–Crippen MR) is 71.2 cm³/mol. The van der Waals surface area contributed by atoms with Gasteiger partial charge in [0.15, 0.2) is 0 Å². The van der Waals surface area contributed by atoms with Gasteiger partial charge in [-0.3, -0.25) is 14.6 Å². The first kappa shape index (κ1) is 16.5. The lowest BCUT2D eigenvalue weighted by Gasteiger charge is -2.16. The fraction of sp³-hybridized carbons (Fsp3) is 0.462. The lowest BCUT2D eigenvalue weighted by Crippen LogP contribution is -2.43. The number of esters is 2. The Bertz CT molecular complexity index is 492. The minimum Gasteiger partial charge on any atom is -0.466 e. The van der Waals surface area contributed by atoms with E-state index in [1.54, 1.807) is 13.8 Å². The molecule has 1 rings (SSSR count). The number of carbonyl (C=O) groups is 3. The molecule has 0 aliphatic heterocycles. The van der Waals surface area contributed by atoms with Gasteiger partial charge in [0, 0.05) is 12.4 Å². The molecule has 114 valence electrons. The normalized spacial score (nSPS) is 11.3. The molecule has 1 atom stereocenters. The average molecular weight is 295 g/mol. The Morgan fingerprint density at radius 3 is 2.48 bits per heavy atom. The van der Waals surface area contributed by atoms with E-state index in [-0.39, 0.29) is 25.3 Å². The number of hydrogen-bond acceptors (Lipinski definition) is 7. The first-order chi connectivity index (χ1) is 10.1. The maximum Gasteiger partial charge on any atom is 0.329 e. The average Bonchev–Trinajstić information content (AvgIpc) is 2.48. The fourth-order valence-electron chi connectivity index (χ4n) is 1.47. The van der Waals surface area contributed by atoms with Gasteiger partial charge in [0.25, 0.3) is 5.91 Å². The molecule has 0 aliphatic carbocycles. The van der Waals surface area contributed by atoms with Gasteiger partial charge in [-0.05, 0) is 13.8 Å². The highest BCUT2D eigenvalue weighted by molar-refractivity contribution is 5.96. The molecular weight excluding hydrogens is 278 g/mol. The summed E-state index contributed by atoms with van der Waals surface area (Å²) >= 11 is 0. The predicted octanol–water partition coefficient (Wildman–Crippen LogP) is 0.0913. The van der Waals surface area contributed by atoms with Gasteiger partial charge in [0.05, 0.1) is 25.8 Å². The maximum atomic E-state index is 11.9. The maximum absolute atomic E-state index is 11.9. The van der Waals surface area contributed by atoms with Gasteiger partial charge in [0.1, 0.15) is 11.7 Å². The van der Waals surface area contributed by atoms with E-state index in [1.165, 1.54) is 18.6 Å². The molecule has 1 unspecified atom stereocenters. The highest BCUT2D eigenvalue weighted by atomic mass is 16.5. The zero-order chi connectivity index (χ0) is 15.7. The van der Waals surface area contributed by atoms with Crippen molar-refractivity contribution in [3.63, 3.8) is 0 Å². The molecule has 21 heavy (non-hydrogen) atoms. The lowest BCUT2D eigenvalue weighted by atomic mass is 10.2. The first-order valence-corrected chi connectivity index (χ1v) is 6.47. The Morgan fingerprint density at radius 1 is 1.19 bits per heavy atom. The van der Waals surface area contributed by atoms with Crippen molar-refractivity contribution in [1.29, 1.82) is 0 Å². The summed E-state index contributed by atoms with van der Waals surface area (Å²) in [7, 11) is 0. The van der Waals surface area contributed by atoms with Gasteiger partial charge < -0.3 is 14.8 Å². The SMILES string of the molecule is CCOC(=O)CC(NC(=O)c1cnccn1)C(=O)OCC. The molecule has 1 N–H and O–H groups in total. The standard InChI is InChI=1S/C13H17N3O5/c1-3-20-11(17)7-9(13(19)21-4-2)16-12(18)10-8-14-5-6-15-10/h5-6,8-9H,3-4,7H2,1-2H3,(H,16,18). The van der Waals surface area contributed by atoms with Crippen LogP contribution in [0.25, 0.3) is 0 Å². The molecule has 0 saturated heterocycles. The van der Waals surface area contributed by atoms with Crippen molar-refractivity contribution in [3.8, 4) is 0 Å². The third kappa shape index (κ3) is 5.55. The molecule has 8 nitrogen and oxygen atoms in total. The Balaban J connectivity index is 2.74. The zero-order valence-electron chi connectivity index (χ0n) is 11.9. The molecule has 0 saturated carbocycles. The monoisotopic (exact) mass is 295 g/mol. The van der Waals surface area contributed by atoms with Crippen LogP contribution in [0.1, 0.15) is 30.8 Å². The number of rotatable bonds is 7. The number of aromatic nitrogens is 2. The van der Waals surface area contributed by atoms with Crippen molar-refractivity contribution < 1.29 is 23.9 Å². The van der Waals surface area contributed by atoms with E-state index >= 15 is 0 Å². The van der Waals surface area contributed by atoms with Crippen LogP contribution in [0.3, 0.4) is 0 Å². The molecule has 0 bridgehead atoms. The van der Waals surface area contributed by atoms with E-state index < -0.39 is 23.9 Å². The molecule has 1 aromatic rings. The summed E-state index contributed by atoms with van der Waals surface area (Å²) in [6, 6.07) is -1.13. The summed E-state index contributed by atoms with van der Waals surface area (Å²) in [6.45, 7) is 3.60. The van der Waals surface area contributed by atoms with Crippen LogP contribution in [0.4, 0.5) is 0 Å². The molecule has 0 aliphatic rings. The largest absolute Gasteiger partial charge is 0.466 e. The zero-order valence-corrected chi connectivity index (χ0v) is 11.9. The quantitative estimate of drug-likeness (QED) is 0.710. The number of hydrogen-bond donors (Lipinski definition) is 1. The molecule has 1 aromatic heterocycles. The van der Waals surface area contributed by atoms with Gasteiger partial charge in [0.2, 0.25) is 0 Å². The lowest BCUT2D eigenvalue weighted by molar-refractivity contribution is -0.152. The van der Waals surface area contributed by atoms with Crippen LogP contribution in [0.5, 0.6) is 0 Å². The van der Waals surface area contributed by atoms with Gasteiger partial charge in [-0.15, -0.1) is 0 Å². The van der Waals surface area contributed by atoms with Crippen LogP contribution in [0.15, 0.2) is 18.6 Å². The Morgan fingerprint density at radius 2 is 1.90 bits per heavy atom. The number of carbonyl (C=O) groups excluding carboxylic acids is 3. The van der Waals surface area contributed by atoms with Crippen LogP contribution in [0, 0.1) is 0 Å². The van der Waals surface area contributed by atoms with E-state index in [0.717, 1.165) is 0 Å². The summed E-state index contributed by atoms with van der Waals surface area (Å²) in [5, 5.41) is 2.39. The summed E-state index contributed by atoms with van der Waals surface area (Å²) in [5.74, 6) is -1.93. The molecule has 0 spiro atoms. The van der Waals surface area contributed by atoms with Crippen molar-refractivity contribution in [3.05, 3.63) is 24.3 Å². The fourth-order valence-corrected chi connectivity index (χ4v) is 1.47. The van der Waals surface area contributed by atoms with E-state index in [1.807, 2.05) is 0 Å². The van der Waals surface area contributed by atoms with Crippen molar-refractivity contribution in [1.82, 2.24) is 15.3 Å². The Hall–Kier alpha value is -2.51. The molecule has 1 heterocycles. The summed E-state index contributed by atoms with van der Waals surface area (Å²) in [6.07, 6.45) is 3.71. The summed E-state index contributed by atoms with van der Waals surface area (Å²) in [4.78, 5) is 42.7. The molecule has 0 aromatic carbocycles. The smallest absolute Gasteiger partial charge is 0.329 e. The molecule has 8 heteroatoms. The van der Waals surface area contributed by atoms with Gasteiger partial charge in [-0.25, -0.2) is 9.78 Å². The second-order valence-electron chi connectivity index (χ2n) is 3.88. The third-order valence-corrected chi connectivity index (χ3v) is 2.35. The second kappa shape index (κ2) is 8.62. The van der Waals surface area contributed by atoms with Crippen molar-refractivity contribution >= 4 is 17.8 Å². The van der Waals surface area contributed by atoms with Crippen molar-refractivity contribution in [2.45, 2.75) is 26.3 Å². The van der Waals surface area contributed by atoms with Crippen LogP contribution in [-0.4, -0.2) is 47.1 Å². The first-order valence-electron chi connectivity index (χ1n) is 6.47. The number of nitrogens with zero attached hydrogens (tertiary/aromatic N) is 2. The molecule has 1 amide bonds.